The number of hydrogen-bond acceptors (Lipinski definition) is 3. The first-order chi connectivity index (χ1) is 7.72. The van der Waals surface area contributed by atoms with Gasteiger partial charge in [-0.25, -0.2) is 4.79 Å². The molecule has 16 heavy (non-hydrogen) atoms. The summed E-state index contributed by atoms with van der Waals surface area (Å²) in [6, 6.07) is 3.84. The predicted octanol–water partition coefficient (Wildman–Crippen LogP) is 2.75. The highest BCUT2D eigenvalue weighted by atomic mass is 16.4. The second-order valence-electron chi connectivity index (χ2n) is 4.22. The van der Waals surface area contributed by atoms with Crippen LogP contribution in [0.5, 0.6) is 0 Å². The number of rotatable bonds is 6. The fourth-order valence-corrected chi connectivity index (χ4v) is 1.78. The minimum absolute atomic E-state index is 0.0251. The van der Waals surface area contributed by atoms with Crippen LogP contribution in [-0.4, -0.2) is 23.7 Å². The molecular formula is C12H17NO3. The van der Waals surface area contributed by atoms with Crippen molar-refractivity contribution in [2.75, 3.05) is 11.4 Å². The van der Waals surface area contributed by atoms with Crippen LogP contribution in [-0.2, 0) is 0 Å². The molecule has 1 aromatic rings. The second-order valence-corrected chi connectivity index (χ2v) is 4.22. The molecule has 0 radical (unpaired) electrons. The summed E-state index contributed by atoms with van der Waals surface area (Å²) in [5, 5.41) is 8.80. The summed E-state index contributed by atoms with van der Waals surface area (Å²) >= 11 is 0. The first-order valence-corrected chi connectivity index (χ1v) is 5.82. The zero-order valence-electron chi connectivity index (χ0n) is 9.48. The maximum absolute atomic E-state index is 10.7. The van der Waals surface area contributed by atoms with E-state index < -0.39 is 5.97 Å². The number of carbonyl (C=O) groups is 1. The van der Waals surface area contributed by atoms with Crippen molar-refractivity contribution in [1.82, 2.24) is 0 Å². The summed E-state index contributed by atoms with van der Waals surface area (Å²) in [4.78, 5) is 12.9. The van der Waals surface area contributed by atoms with E-state index in [-0.39, 0.29) is 5.76 Å². The number of anilines is 1. The van der Waals surface area contributed by atoms with Gasteiger partial charge in [0.15, 0.2) is 5.88 Å². The summed E-state index contributed by atoms with van der Waals surface area (Å²) in [5.74, 6) is -0.275. The number of unbranched alkanes of at least 4 members (excludes halogenated alkanes) is 1. The Labute approximate surface area is 94.9 Å². The molecule has 0 spiro atoms. The molecule has 1 aliphatic carbocycles. The molecule has 1 N–H and O–H groups in total. The predicted molar refractivity (Wildman–Crippen MR) is 60.9 cm³/mol. The van der Waals surface area contributed by atoms with Crippen molar-refractivity contribution in [3.63, 3.8) is 0 Å². The molecule has 88 valence electrons. The largest absolute Gasteiger partial charge is 0.475 e. The van der Waals surface area contributed by atoms with E-state index in [0.29, 0.717) is 11.9 Å². The molecule has 0 aliphatic heterocycles. The number of carboxylic acid groups (broad SMARTS) is 1. The molecule has 0 saturated heterocycles. The number of carboxylic acids is 1. The molecular weight excluding hydrogens is 206 g/mol. The number of aromatic carboxylic acids is 1. The lowest BCUT2D eigenvalue weighted by atomic mass is 10.3. The second kappa shape index (κ2) is 4.60. The van der Waals surface area contributed by atoms with Crippen molar-refractivity contribution in [2.45, 2.75) is 38.6 Å². The van der Waals surface area contributed by atoms with Crippen molar-refractivity contribution in [2.24, 2.45) is 0 Å². The Balaban J connectivity index is 2.08. The summed E-state index contributed by atoms with van der Waals surface area (Å²) in [6.07, 6.45) is 4.62. The SMILES string of the molecule is CCCCN(c1ccc(C(=O)O)o1)C1CC1. The monoisotopic (exact) mass is 223 g/mol. The van der Waals surface area contributed by atoms with E-state index in [4.69, 9.17) is 9.52 Å². The van der Waals surface area contributed by atoms with E-state index in [1.807, 2.05) is 0 Å². The molecule has 1 aromatic heterocycles. The minimum atomic E-state index is -1.00. The van der Waals surface area contributed by atoms with E-state index in [9.17, 15) is 4.79 Å². The van der Waals surface area contributed by atoms with Crippen LogP contribution >= 0.6 is 0 Å². The standard InChI is InChI=1S/C12H17NO3/c1-2-3-8-13(9-4-5-9)11-7-6-10(16-11)12(14)15/h6-7,9H,2-5,8H2,1H3,(H,14,15). The number of furan rings is 1. The van der Waals surface area contributed by atoms with Gasteiger partial charge in [-0.15, -0.1) is 0 Å². The lowest BCUT2D eigenvalue weighted by Crippen LogP contribution is -2.26. The maximum atomic E-state index is 10.7. The average molecular weight is 223 g/mol. The van der Waals surface area contributed by atoms with Gasteiger partial charge in [-0.05, 0) is 25.3 Å². The molecule has 4 heteroatoms. The van der Waals surface area contributed by atoms with E-state index in [1.54, 1.807) is 6.07 Å². The Hall–Kier alpha value is -1.45. The van der Waals surface area contributed by atoms with E-state index in [0.717, 1.165) is 19.4 Å². The van der Waals surface area contributed by atoms with E-state index in [1.165, 1.54) is 18.9 Å². The fourth-order valence-electron chi connectivity index (χ4n) is 1.78. The van der Waals surface area contributed by atoms with Gasteiger partial charge in [0.25, 0.3) is 0 Å². The Kier molecular flexibility index (Phi) is 3.17. The van der Waals surface area contributed by atoms with Crippen LogP contribution in [0.15, 0.2) is 16.5 Å². The molecule has 1 aliphatic rings. The van der Waals surface area contributed by atoms with E-state index in [2.05, 4.69) is 11.8 Å². The third-order valence-electron chi connectivity index (χ3n) is 2.83. The minimum Gasteiger partial charge on any atom is -0.475 e. The van der Waals surface area contributed by atoms with Crippen LogP contribution < -0.4 is 4.90 Å². The van der Waals surface area contributed by atoms with Crippen molar-refractivity contribution < 1.29 is 14.3 Å². The van der Waals surface area contributed by atoms with Crippen LogP contribution in [0.3, 0.4) is 0 Å². The molecule has 1 fully saturated rings. The molecule has 0 aromatic carbocycles. The molecule has 0 atom stereocenters. The van der Waals surface area contributed by atoms with Gasteiger partial charge in [0, 0.05) is 18.7 Å². The number of nitrogens with zero attached hydrogens (tertiary/aromatic N) is 1. The van der Waals surface area contributed by atoms with Gasteiger partial charge >= 0.3 is 5.97 Å². The third-order valence-corrected chi connectivity index (χ3v) is 2.83. The first-order valence-electron chi connectivity index (χ1n) is 5.82. The van der Waals surface area contributed by atoms with Crippen LogP contribution in [0.2, 0.25) is 0 Å². The highest BCUT2D eigenvalue weighted by Gasteiger charge is 2.30. The average Bonchev–Trinajstić information content (AvgIpc) is 2.96. The molecule has 0 amide bonds. The van der Waals surface area contributed by atoms with Gasteiger partial charge in [-0.1, -0.05) is 13.3 Å². The van der Waals surface area contributed by atoms with Crippen LogP contribution in [0, 0.1) is 0 Å². The zero-order valence-corrected chi connectivity index (χ0v) is 9.48. The Morgan fingerprint density at radius 1 is 1.56 bits per heavy atom. The number of hydrogen-bond donors (Lipinski definition) is 1. The van der Waals surface area contributed by atoms with Gasteiger partial charge in [-0.3, -0.25) is 0 Å². The molecule has 0 unspecified atom stereocenters. The Morgan fingerprint density at radius 3 is 2.81 bits per heavy atom. The summed E-state index contributed by atoms with van der Waals surface area (Å²) in [6.45, 7) is 3.10. The van der Waals surface area contributed by atoms with Gasteiger partial charge in [0.1, 0.15) is 0 Å². The smallest absolute Gasteiger partial charge is 0.371 e. The van der Waals surface area contributed by atoms with Gasteiger partial charge < -0.3 is 14.4 Å². The quantitative estimate of drug-likeness (QED) is 0.805. The van der Waals surface area contributed by atoms with Gasteiger partial charge in [0.05, 0.1) is 0 Å². The van der Waals surface area contributed by atoms with E-state index >= 15 is 0 Å². The van der Waals surface area contributed by atoms with Crippen molar-refractivity contribution >= 4 is 11.9 Å². The Morgan fingerprint density at radius 2 is 2.31 bits per heavy atom. The van der Waals surface area contributed by atoms with Gasteiger partial charge in [0.2, 0.25) is 5.76 Å². The van der Waals surface area contributed by atoms with Crippen LogP contribution in [0.4, 0.5) is 5.88 Å². The van der Waals surface area contributed by atoms with Crippen LogP contribution in [0.1, 0.15) is 43.2 Å². The molecule has 0 bridgehead atoms. The van der Waals surface area contributed by atoms with Crippen molar-refractivity contribution in [1.29, 1.82) is 0 Å². The Bertz CT molecular complexity index is 368. The highest BCUT2D eigenvalue weighted by molar-refractivity contribution is 5.84. The van der Waals surface area contributed by atoms with Crippen LogP contribution in [0.25, 0.3) is 0 Å². The lowest BCUT2D eigenvalue weighted by Gasteiger charge is -2.20. The van der Waals surface area contributed by atoms with Gasteiger partial charge in [-0.2, -0.15) is 0 Å². The summed E-state index contributed by atoms with van der Waals surface area (Å²) in [5.41, 5.74) is 0. The fraction of sp³-hybridized carbons (Fsp3) is 0.583. The summed E-state index contributed by atoms with van der Waals surface area (Å²) < 4.78 is 5.33. The first kappa shape index (κ1) is 11.0. The molecule has 1 saturated carbocycles. The third kappa shape index (κ3) is 2.38. The van der Waals surface area contributed by atoms with Crippen molar-refractivity contribution in [3.8, 4) is 0 Å². The summed E-state index contributed by atoms with van der Waals surface area (Å²) in [7, 11) is 0. The maximum Gasteiger partial charge on any atom is 0.371 e. The normalized spacial score (nSPS) is 15.1. The molecule has 4 nitrogen and oxygen atoms in total. The van der Waals surface area contributed by atoms with Crippen molar-refractivity contribution in [3.05, 3.63) is 17.9 Å². The molecule has 1 heterocycles. The zero-order chi connectivity index (χ0) is 11.5. The topological polar surface area (TPSA) is 53.7 Å². The molecule has 2 rings (SSSR count). The lowest BCUT2D eigenvalue weighted by molar-refractivity contribution is 0.0663. The highest BCUT2D eigenvalue weighted by Crippen LogP contribution is 2.32.